The summed E-state index contributed by atoms with van der Waals surface area (Å²) in [6.45, 7) is 3.81. The van der Waals surface area contributed by atoms with Crippen LogP contribution in [0.5, 0.6) is 11.8 Å². The maximum absolute atomic E-state index is 12.3. The average Bonchev–Trinajstić information content (AvgIpc) is 3.16. The largest absolute Gasteiger partial charge is 0.503 e. The number of esters is 1. The third-order valence-electron chi connectivity index (χ3n) is 4.28. The Balaban J connectivity index is 1.95. The maximum Gasteiger partial charge on any atom is 0.341 e. The fraction of sp³-hybridized carbons (Fsp3) is 0.238. The normalized spacial score (nSPS) is 11.4. The van der Waals surface area contributed by atoms with Gasteiger partial charge in [0.1, 0.15) is 11.4 Å². The molecule has 0 N–H and O–H groups in total. The van der Waals surface area contributed by atoms with Gasteiger partial charge in [-0.25, -0.2) is 9.78 Å². The summed E-state index contributed by atoms with van der Waals surface area (Å²) in [7, 11) is 2.70. The second-order valence-corrected chi connectivity index (χ2v) is 7.26. The van der Waals surface area contributed by atoms with E-state index in [1.165, 1.54) is 20.5 Å². The van der Waals surface area contributed by atoms with Gasteiger partial charge in [0.15, 0.2) is 0 Å². The standard InChI is InChI=1S/C21H20Cl2N4O4/c1-12-19(15(11-29-3)21(28)30-4)20(25-13(2)24-12)31-18-8-9-27(26-18)10-14-16(22)6-5-7-17(14)23/h5-9,11H,10H2,1-4H3/b15-11+. The average molecular weight is 463 g/mol. The zero-order valence-corrected chi connectivity index (χ0v) is 18.9. The van der Waals surface area contributed by atoms with Gasteiger partial charge in [-0.1, -0.05) is 29.3 Å². The molecule has 3 rings (SSSR count). The Labute approximate surface area is 189 Å². The third-order valence-corrected chi connectivity index (χ3v) is 4.99. The van der Waals surface area contributed by atoms with Gasteiger partial charge in [0, 0.05) is 27.9 Å². The van der Waals surface area contributed by atoms with Gasteiger partial charge in [-0.2, -0.15) is 4.98 Å². The minimum Gasteiger partial charge on any atom is -0.503 e. The summed E-state index contributed by atoms with van der Waals surface area (Å²) in [6, 6.07) is 6.97. The number of carbonyl (C=O) groups excluding carboxylic acids is 1. The van der Waals surface area contributed by atoms with Crippen molar-refractivity contribution < 1.29 is 19.0 Å². The Morgan fingerprint density at radius 3 is 2.48 bits per heavy atom. The molecule has 0 aliphatic heterocycles. The lowest BCUT2D eigenvalue weighted by Gasteiger charge is -2.13. The molecule has 3 aromatic rings. The first-order valence-corrected chi connectivity index (χ1v) is 9.90. The molecule has 0 atom stereocenters. The minimum atomic E-state index is -0.610. The van der Waals surface area contributed by atoms with E-state index in [4.69, 9.17) is 37.4 Å². The molecule has 31 heavy (non-hydrogen) atoms. The minimum absolute atomic E-state index is 0.125. The van der Waals surface area contributed by atoms with Crippen molar-refractivity contribution in [3.8, 4) is 11.8 Å². The second-order valence-electron chi connectivity index (χ2n) is 6.45. The van der Waals surface area contributed by atoms with Crippen LogP contribution in [0.3, 0.4) is 0 Å². The lowest BCUT2D eigenvalue weighted by Crippen LogP contribution is -2.10. The number of aryl methyl sites for hydroxylation is 2. The molecule has 0 radical (unpaired) electrons. The molecule has 2 aromatic heterocycles. The molecule has 0 amide bonds. The number of rotatable bonds is 7. The first-order chi connectivity index (χ1) is 14.8. The van der Waals surface area contributed by atoms with E-state index in [1.54, 1.807) is 49.0 Å². The zero-order valence-electron chi connectivity index (χ0n) is 17.3. The number of nitrogens with zero attached hydrogens (tertiary/aromatic N) is 4. The van der Waals surface area contributed by atoms with E-state index in [-0.39, 0.29) is 17.3 Å². The first kappa shape index (κ1) is 22.6. The number of benzene rings is 1. The molecule has 0 fully saturated rings. The SMILES string of the molecule is CO/C=C(/C(=O)OC)c1c(C)nc(C)nc1Oc1ccn(Cc2c(Cl)cccc2Cl)n1. The number of hydrogen-bond acceptors (Lipinski definition) is 7. The van der Waals surface area contributed by atoms with Crippen molar-refractivity contribution in [2.45, 2.75) is 20.4 Å². The number of methoxy groups -OCH3 is 2. The van der Waals surface area contributed by atoms with Crippen molar-refractivity contribution in [1.29, 1.82) is 0 Å². The summed E-state index contributed by atoms with van der Waals surface area (Å²) in [4.78, 5) is 21.0. The van der Waals surface area contributed by atoms with Crippen LogP contribution in [0.25, 0.3) is 5.57 Å². The van der Waals surface area contributed by atoms with Gasteiger partial charge in [-0.3, -0.25) is 4.68 Å². The summed E-state index contributed by atoms with van der Waals surface area (Å²) in [5.74, 6) is 0.282. The van der Waals surface area contributed by atoms with Crippen LogP contribution in [0.4, 0.5) is 0 Å². The molecule has 8 nitrogen and oxygen atoms in total. The number of ether oxygens (including phenoxy) is 3. The highest BCUT2D eigenvalue weighted by molar-refractivity contribution is 6.36. The number of carbonyl (C=O) groups is 1. The summed E-state index contributed by atoms with van der Waals surface area (Å²) < 4.78 is 17.5. The van der Waals surface area contributed by atoms with Crippen molar-refractivity contribution in [2.75, 3.05) is 14.2 Å². The smallest absolute Gasteiger partial charge is 0.341 e. The van der Waals surface area contributed by atoms with Crippen LogP contribution >= 0.6 is 23.2 Å². The van der Waals surface area contributed by atoms with Crippen LogP contribution in [0.2, 0.25) is 10.0 Å². The molecule has 0 saturated carbocycles. The molecule has 162 valence electrons. The maximum atomic E-state index is 12.3. The highest BCUT2D eigenvalue weighted by Gasteiger charge is 2.24. The van der Waals surface area contributed by atoms with Crippen LogP contribution in [0.1, 0.15) is 22.6 Å². The fourth-order valence-electron chi connectivity index (χ4n) is 2.93. The van der Waals surface area contributed by atoms with E-state index in [0.717, 1.165) is 5.56 Å². The van der Waals surface area contributed by atoms with Crippen LogP contribution in [-0.2, 0) is 20.8 Å². The molecule has 0 unspecified atom stereocenters. The molecule has 2 heterocycles. The van der Waals surface area contributed by atoms with Gasteiger partial charge in [-0.15, -0.1) is 5.10 Å². The lowest BCUT2D eigenvalue weighted by molar-refractivity contribution is -0.133. The summed E-state index contributed by atoms with van der Waals surface area (Å²) >= 11 is 12.5. The van der Waals surface area contributed by atoms with Crippen molar-refractivity contribution in [2.24, 2.45) is 0 Å². The Bertz CT molecular complexity index is 1120. The molecule has 0 bridgehead atoms. The predicted octanol–water partition coefficient (Wildman–Crippen LogP) is 4.60. The number of aromatic nitrogens is 4. The van der Waals surface area contributed by atoms with Crippen LogP contribution < -0.4 is 4.74 Å². The van der Waals surface area contributed by atoms with Gasteiger partial charge < -0.3 is 14.2 Å². The van der Waals surface area contributed by atoms with E-state index in [9.17, 15) is 4.79 Å². The number of halogens is 2. The van der Waals surface area contributed by atoms with E-state index >= 15 is 0 Å². The van der Waals surface area contributed by atoms with Crippen molar-refractivity contribution in [3.63, 3.8) is 0 Å². The Morgan fingerprint density at radius 1 is 1.13 bits per heavy atom. The molecule has 10 heteroatoms. The van der Waals surface area contributed by atoms with Crippen molar-refractivity contribution >= 4 is 34.7 Å². The highest BCUT2D eigenvalue weighted by Crippen LogP contribution is 2.31. The zero-order chi connectivity index (χ0) is 22.5. The monoisotopic (exact) mass is 462 g/mol. The Morgan fingerprint density at radius 2 is 1.84 bits per heavy atom. The quantitative estimate of drug-likeness (QED) is 0.288. The Hall–Kier alpha value is -3.10. The molecule has 1 aromatic carbocycles. The predicted molar refractivity (Wildman–Crippen MR) is 116 cm³/mol. The van der Waals surface area contributed by atoms with Gasteiger partial charge in [-0.05, 0) is 26.0 Å². The summed E-state index contributed by atoms with van der Waals surface area (Å²) in [6.07, 6.45) is 2.99. The third kappa shape index (κ3) is 5.15. The molecular formula is C21H20Cl2N4O4. The van der Waals surface area contributed by atoms with Gasteiger partial charge in [0.25, 0.3) is 0 Å². The molecule has 0 aliphatic carbocycles. The lowest BCUT2D eigenvalue weighted by atomic mass is 10.1. The topological polar surface area (TPSA) is 88.4 Å². The van der Waals surface area contributed by atoms with Gasteiger partial charge >= 0.3 is 5.97 Å². The van der Waals surface area contributed by atoms with Crippen LogP contribution in [0, 0.1) is 13.8 Å². The molecular weight excluding hydrogens is 443 g/mol. The summed E-state index contributed by atoms with van der Waals surface area (Å²) in [5.41, 5.74) is 1.74. The highest BCUT2D eigenvalue weighted by atomic mass is 35.5. The van der Waals surface area contributed by atoms with Crippen LogP contribution in [0.15, 0.2) is 36.7 Å². The molecule has 0 aliphatic rings. The Kier molecular flexibility index (Phi) is 7.14. The first-order valence-electron chi connectivity index (χ1n) is 9.15. The van der Waals surface area contributed by atoms with E-state index < -0.39 is 5.97 Å². The second kappa shape index (κ2) is 9.80. The van der Waals surface area contributed by atoms with Crippen LogP contribution in [-0.4, -0.2) is 39.9 Å². The van der Waals surface area contributed by atoms with E-state index in [0.29, 0.717) is 33.7 Å². The summed E-state index contributed by atoms with van der Waals surface area (Å²) in [5, 5.41) is 5.49. The molecule has 0 saturated heterocycles. The van der Waals surface area contributed by atoms with E-state index in [1.807, 2.05) is 0 Å². The molecule has 0 spiro atoms. The van der Waals surface area contributed by atoms with Crippen molar-refractivity contribution in [1.82, 2.24) is 19.7 Å². The fourth-order valence-corrected chi connectivity index (χ4v) is 3.45. The van der Waals surface area contributed by atoms with Gasteiger partial charge in [0.05, 0.1) is 38.3 Å². The van der Waals surface area contributed by atoms with Crippen molar-refractivity contribution in [3.05, 3.63) is 69.4 Å². The van der Waals surface area contributed by atoms with E-state index in [2.05, 4.69) is 15.1 Å². The van der Waals surface area contributed by atoms with Gasteiger partial charge in [0.2, 0.25) is 11.8 Å². The number of hydrogen-bond donors (Lipinski definition) is 0.